The minimum atomic E-state index is -0.967. The lowest BCUT2D eigenvalue weighted by molar-refractivity contribution is -0.162. The summed E-state index contributed by atoms with van der Waals surface area (Å²) in [6.45, 7) is 5.37. The van der Waals surface area contributed by atoms with Crippen LogP contribution in [0, 0.1) is 0 Å². The normalized spacial score (nSPS) is 15.3. The summed E-state index contributed by atoms with van der Waals surface area (Å²) in [6.07, 6.45) is -0.404. The van der Waals surface area contributed by atoms with Crippen LogP contribution in [0.1, 0.15) is 44.7 Å². The van der Waals surface area contributed by atoms with Crippen LogP contribution in [0.4, 0.5) is 4.79 Å². The molecule has 11 heteroatoms. The van der Waals surface area contributed by atoms with Crippen LogP contribution in [0.15, 0.2) is 59.6 Å². The third-order valence-electron chi connectivity index (χ3n) is 5.69. The lowest BCUT2D eigenvalue weighted by Gasteiger charge is -2.20. The Bertz CT molecular complexity index is 1210. The first-order valence-corrected chi connectivity index (χ1v) is 13.3. The molecular weight excluding hydrogens is 538 g/mol. The fraction of sp³-hybridized carbons (Fsp3) is 0.414. The molecule has 3 rings (SSSR count). The summed E-state index contributed by atoms with van der Waals surface area (Å²) in [4.78, 5) is 54.1. The third kappa shape index (κ3) is 10.3. The highest BCUT2D eigenvalue weighted by Gasteiger charge is 2.32. The molecule has 0 aromatic heterocycles. The zero-order chi connectivity index (χ0) is 29.1. The SMILES string of the molecule is CC(C)(C)OC(=O)C(=O)CCC(NC(=O)OCc1ccccc1)C1=N[C@H](C(=O)NCCc2ccc(Cl)cc2)CO1. The number of ketones is 1. The molecule has 10 nitrogen and oxygen atoms in total. The van der Waals surface area contributed by atoms with Crippen LogP contribution in [0.5, 0.6) is 0 Å². The maximum atomic E-state index is 12.7. The number of benzene rings is 2. The van der Waals surface area contributed by atoms with Crippen molar-refractivity contribution in [3.05, 3.63) is 70.7 Å². The topological polar surface area (TPSA) is 132 Å². The molecule has 0 bridgehead atoms. The first-order chi connectivity index (χ1) is 19.0. The molecule has 2 aromatic carbocycles. The molecule has 0 saturated carbocycles. The maximum Gasteiger partial charge on any atom is 0.408 e. The fourth-order valence-corrected chi connectivity index (χ4v) is 3.82. The Balaban J connectivity index is 1.60. The number of amides is 2. The van der Waals surface area contributed by atoms with E-state index in [9.17, 15) is 19.2 Å². The Kier molecular flexibility index (Phi) is 11.1. The van der Waals surface area contributed by atoms with Crippen molar-refractivity contribution in [1.82, 2.24) is 10.6 Å². The summed E-state index contributed by atoms with van der Waals surface area (Å²) in [6, 6.07) is 14.7. The predicted octanol–water partition coefficient (Wildman–Crippen LogP) is 3.78. The van der Waals surface area contributed by atoms with Crippen LogP contribution < -0.4 is 10.6 Å². The monoisotopic (exact) mass is 571 g/mol. The second-order valence-electron chi connectivity index (χ2n) is 10.2. The zero-order valence-electron chi connectivity index (χ0n) is 22.8. The molecule has 0 saturated heterocycles. The molecule has 2 aromatic rings. The van der Waals surface area contributed by atoms with Gasteiger partial charge in [0.15, 0.2) is 6.04 Å². The third-order valence-corrected chi connectivity index (χ3v) is 5.94. The van der Waals surface area contributed by atoms with E-state index < -0.39 is 35.5 Å². The van der Waals surface area contributed by atoms with Gasteiger partial charge in [0.05, 0.1) is 0 Å². The van der Waals surface area contributed by atoms with Crippen LogP contribution in [0.3, 0.4) is 0 Å². The summed E-state index contributed by atoms with van der Waals surface area (Å²) in [5.41, 5.74) is 0.988. The first kappa shape index (κ1) is 30.6. The number of ether oxygens (including phenoxy) is 3. The van der Waals surface area contributed by atoms with Gasteiger partial charge in [-0.25, -0.2) is 14.6 Å². The molecule has 0 radical (unpaired) electrons. The van der Waals surface area contributed by atoms with E-state index in [1.807, 2.05) is 42.5 Å². The number of esters is 1. The van der Waals surface area contributed by atoms with E-state index in [0.717, 1.165) is 11.1 Å². The number of aliphatic imine (C=N–C) groups is 1. The molecule has 2 N–H and O–H groups in total. The van der Waals surface area contributed by atoms with Crippen molar-refractivity contribution < 1.29 is 33.4 Å². The van der Waals surface area contributed by atoms with Gasteiger partial charge in [-0.1, -0.05) is 54.1 Å². The average Bonchev–Trinajstić information content (AvgIpc) is 3.41. The van der Waals surface area contributed by atoms with Crippen molar-refractivity contribution in [2.45, 2.75) is 64.3 Å². The predicted molar refractivity (Wildman–Crippen MR) is 149 cm³/mol. The Morgan fingerprint density at radius 1 is 1.05 bits per heavy atom. The van der Waals surface area contributed by atoms with Gasteiger partial charge in [-0.3, -0.25) is 9.59 Å². The highest BCUT2D eigenvalue weighted by atomic mass is 35.5. The molecular formula is C29H34ClN3O7. The fourth-order valence-electron chi connectivity index (χ4n) is 3.69. The van der Waals surface area contributed by atoms with Crippen molar-refractivity contribution in [2.75, 3.05) is 13.2 Å². The van der Waals surface area contributed by atoms with E-state index in [1.54, 1.807) is 32.9 Å². The number of carbonyl (C=O) groups is 4. The van der Waals surface area contributed by atoms with Crippen LogP contribution >= 0.6 is 11.6 Å². The van der Waals surface area contributed by atoms with Crippen LogP contribution in [-0.4, -0.2) is 60.5 Å². The van der Waals surface area contributed by atoms with Gasteiger partial charge in [0, 0.05) is 18.0 Å². The summed E-state index contributed by atoms with van der Waals surface area (Å²) in [5, 5.41) is 6.10. The number of nitrogens with one attached hydrogen (secondary N) is 2. The van der Waals surface area contributed by atoms with E-state index in [0.29, 0.717) is 18.0 Å². The lowest BCUT2D eigenvalue weighted by Crippen LogP contribution is -2.42. The Morgan fingerprint density at radius 3 is 2.42 bits per heavy atom. The summed E-state index contributed by atoms with van der Waals surface area (Å²) in [7, 11) is 0. The van der Waals surface area contributed by atoms with Crippen molar-refractivity contribution in [2.24, 2.45) is 4.99 Å². The van der Waals surface area contributed by atoms with E-state index in [2.05, 4.69) is 15.6 Å². The number of carbonyl (C=O) groups excluding carboxylic acids is 4. The van der Waals surface area contributed by atoms with Crippen LogP contribution in [-0.2, 0) is 41.6 Å². The number of alkyl carbamates (subject to hydrolysis) is 1. The van der Waals surface area contributed by atoms with Crippen LogP contribution in [0.2, 0.25) is 5.02 Å². The standard InChI is InChI=1S/C29H34ClN3O7/c1-29(2,3)40-27(36)24(34)14-13-22(33-28(37)39-17-20-7-5-4-6-8-20)26-32-23(18-38-26)25(35)31-16-15-19-9-11-21(30)12-10-19/h4-12,22-23H,13-18H2,1-3H3,(H,31,35)(H,33,37)/t22?,23-/m0/s1. The van der Waals surface area contributed by atoms with Gasteiger partial charge >= 0.3 is 12.1 Å². The van der Waals surface area contributed by atoms with Crippen molar-refractivity contribution >= 4 is 41.3 Å². The van der Waals surface area contributed by atoms with E-state index in [4.69, 9.17) is 25.8 Å². The minimum absolute atomic E-state index is 0.0117. The molecule has 2 amide bonds. The Morgan fingerprint density at radius 2 is 1.75 bits per heavy atom. The first-order valence-electron chi connectivity index (χ1n) is 13.0. The van der Waals surface area contributed by atoms with Gasteiger partial charge in [-0.2, -0.15) is 0 Å². The number of Topliss-reactive ketones (excluding diaryl/α,β-unsaturated/α-hetero) is 1. The van der Waals surface area contributed by atoms with Crippen molar-refractivity contribution in [3.8, 4) is 0 Å². The molecule has 2 atom stereocenters. The second kappa shape index (κ2) is 14.5. The number of nitrogens with zero attached hydrogens (tertiary/aromatic N) is 1. The van der Waals surface area contributed by atoms with E-state index >= 15 is 0 Å². The molecule has 1 unspecified atom stereocenters. The van der Waals surface area contributed by atoms with Crippen LogP contribution in [0.25, 0.3) is 0 Å². The average molecular weight is 572 g/mol. The van der Waals surface area contributed by atoms with Crippen molar-refractivity contribution in [1.29, 1.82) is 0 Å². The second-order valence-corrected chi connectivity index (χ2v) is 10.6. The van der Waals surface area contributed by atoms with E-state index in [1.165, 1.54) is 0 Å². The summed E-state index contributed by atoms with van der Waals surface area (Å²) in [5.74, 6) is -1.98. The molecule has 1 aliphatic heterocycles. The Hall–Kier alpha value is -3.92. The van der Waals surface area contributed by atoms with Gasteiger partial charge in [-0.15, -0.1) is 0 Å². The maximum absolute atomic E-state index is 12.7. The number of rotatable bonds is 12. The Labute approximate surface area is 238 Å². The number of hydrogen-bond donors (Lipinski definition) is 2. The molecule has 40 heavy (non-hydrogen) atoms. The molecule has 1 aliphatic rings. The van der Waals surface area contributed by atoms with E-state index in [-0.39, 0.29) is 37.9 Å². The lowest BCUT2D eigenvalue weighted by atomic mass is 10.1. The minimum Gasteiger partial charge on any atom is -0.477 e. The van der Waals surface area contributed by atoms with Gasteiger partial charge in [0.25, 0.3) is 0 Å². The number of halogens is 1. The largest absolute Gasteiger partial charge is 0.477 e. The molecule has 0 spiro atoms. The highest BCUT2D eigenvalue weighted by molar-refractivity contribution is 6.33. The van der Waals surface area contributed by atoms with Gasteiger partial charge < -0.3 is 24.8 Å². The molecule has 0 fully saturated rings. The molecule has 214 valence electrons. The van der Waals surface area contributed by atoms with Crippen molar-refractivity contribution in [3.63, 3.8) is 0 Å². The highest BCUT2D eigenvalue weighted by Crippen LogP contribution is 2.15. The smallest absolute Gasteiger partial charge is 0.408 e. The van der Waals surface area contributed by atoms with Gasteiger partial charge in [0.1, 0.15) is 24.9 Å². The number of hydrogen-bond acceptors (Lipinski definition) is 8. The zero-order valence-corrected chi connectivity index (χ0v) is 23.5. The molecule has 0 aliphatic carbocycles. The van der Waals surface area contributed by atoms with Gasteiger partial charge in [-0.05, 0) is 56.9 Å². The quantitative estimate of drug-likeness (QED) is 0.292. The summed E-state index contributed by atoms with van der Waals surface area (Å²) >= 11 is 5.90. The summed E-state index contributed by atoms with van der Waals surface area (Å²) < 4.78 is 16.1. The van der Waals surface area contributed by atoms with Gasteiger partial charge in [0.2, 0.25) is 17.6 Å². The molecule has 1 heterocycles.